The number of hydrogen-bond donors (Lipinski definition) is 11. The zero-order valence-electron chi connectivity index (χ0n) is 41.3. The minimum Gasteiger partial charge on any atom is -0.469 e. The molecular formula is C50H70N6O15. The van der Waals surface area contributed by atoms with E-state index < -0.39 is 85.2 Å². The molecule has 2 aromatic heterocycles. The monoisotopic (exact) mass is 994 g/mol. The fourth-order valence-corrected chi connectivity index (χ4v) is 10.8. The van der Waals surface area contributed by atoms with Crippen LogP contribution in [0.5, 0.6) is 0 Å². The SMILES string of the molecule is C=Cc1c2[nH]c(c1C)C=C1N=C(C(CC(=O)OC)c3[nH]c(c(C)c3C(=O)NCCN(C[C@H]3OC(O)[C@H](O)[C@@H](O)[C@H]3O)C[C@H]3OC(O)[C@H](O)[C@@H](O)[C@H]3O)CC3=NC(C2)C(C)=C3CC)[C@@H](CCC(=O)OC)[C@@H]1C. The van der Waals surface area contributed by atoms with Gasteiger partial charge in [-0.3, -0.25) is 29.3 Å². The van der Waals surface area contributed by atoms with Gasteiger partial charge < -0.3 is 75.1 Å². The van der Waals surface area contributed by atoms with Crippen LogP contribution in [-0.2, 0) is 41.4 Å². The number of ether oxygens (including phenoxy) is 4. The summed E-state index contributed by atoms with van der Waals surface area (Å²) in [6, 6.07) is -0.177. The molecular weight excluding hydrogens is 925 g/mol. The van der Waals surface area contributed by atoms with Gasteiger partial charge in [-0.15, -0.1) is 0 Å². The number of carbonyl (C=O) groups excluding carboxylic acids is 3. The third-order valence-electron chi connectivity index (χ3n) is 15.1. The van der Waals surface area contributed by atoms with Crippen LogP contribution in [-0.4, -0.2) is 193 Å². The third-order valence-corrected chi connectivity index (χ3v) is 15.1. The molecule has 7 heterocycles. The first-order valence-electron chi connectivity index (χ1n) is 24.2. The van der Waals surface area contributed by atoms with Gasteiger partial charge in [0.25, 0.3) is 5.91 Å². The first-order valence-corrected chi connectivity index (χ1v) is 24.2. The van der Waals surface area contributed by atoms with E-state index in [9.17, 15) is 55.2 Å². The van der Waals surface area contributed by atoms with Crippen LogP contribution < -0.4 is 5.32 Å². The fourth-order valence-electron chi connectivity index (χ4n) is 10.8. The van der Waals surface area contributed by atoms with Crippen molar-refractivity contribution in [3.63, 3.8) is 0 Å². The molecule has 21 nitrogen and oxygen atoms in total. The summed E-state index contributed by atoms with van der Waals surface area (Å²) in [4.78, 5) is 60.6. The molecule has 390 valence electrons. The molecule has 71 heavy (non-hydrogen) atoms. The van der Waals surface area contributed by atoms with Gasteiger partial charge in [-0.2, -0.15) is 0 Å². The first kappa shape index (κ1) is 53.9. The Labute approximate surface area is 412 Å². The fraction of sp³-hybridized carbons (Fsp3) is 0.620. The van der Waals surface area contributed by atoms with E-state index in [1.807, 2.05) is 32.9 Å². The summed E-state index contributed by atoms with van der Waals surface area (Å²) in [5.74, 6) is -3.04. The molecule has 0 radical (unpaired) electrons. The number of methoxy groups -OCH3 is 2. The van der Waals surface area contributed by atoms with E-state index in [0.29, 0.717) is 54.0 Å². The Bertz CT molecular complexity index is 2420. The van der Waals surface area contributed by atoms with Crippen LogP contribution in [0.3, 0.4) is 0 Å². The molecule has 11 N–H and O–H groups in total. The van der Waals surface area contributed by atoms with Gasteiger partial charge in [0, 0.05) is 103 Å². The van der Waals surface area contributed by atoms with Crippen LogP contribution in [0.1, 0.15) is 102 Å². The number of rotatable bonds is 15. The lowest BCUT2D eigenvalue weighted by atomic mass is 9.79. The standard InChI is InChI=1S/C50H70N6O15/c1-9-25-21(3)29-16-31-23(5)27(11-12-37(57)68-7)40(54-31)28(15-38(58)69-8)41-39(24(6)32(55-41)18-34-26(10-2)22(4)30(53-34)17-33(25)52-29)48(65)51-13-14-56(19-35-42(59)44(61)46(63)49(66)70-35)20-36-43(60)45(62)47(64)50(67)71-36/h9,16,23,27-28,30,35-36,42-47,49-50,52,55,59-64,66-67H,1,10-15,17-20H2,2-8H3,(H,51,65)/t23-,27-,28?,30?,35+,36+,42-,43-,44-,45-,46+,47+,49?,50?/m0/s1. The molecule has 5 aliphatic heterocycles. The highest BCUT2D eigenvalue weighted by Gasteiger charge is 2.47. The lowest BCUT2D eigenvalue weighted by Crippen LogP contribution is -2.62. The predicted molar refractivity (Wildman–Crippen MR) is 258 cm³/mol. The van der Waals surface area contributed by atoms with Crippen LogP contribution in [0.4, 0.5) is 0 Å². The zero-order valence-corrected chi connectivity index (χ0v) is 41.3. The number of aliphatic imine (C=N–C) groups is 2. The highest BCUT2D eigenvalue weighted by Crippen LogP contribution is 2.43. The van der Waals surface area contributed by atoms with Crippen molar-refractivity contribution in [3.8, 4) is 0 Å². The van der Waals surface area contributed by atoms with Crippen LogP contribution in [0.15, 0.2) is 33.4 Å². The van der Waals surface area contributed by atoms with Crippen molar-refractivity contribution in [2.24, 2.45) is 21.8 Å². The third kappa shape index (κ3) is 10.9. The second kappa shape index (κ2) is 22.5. The predicted octanol–water partition coefficient (Wildman–Crippen LogP) is 0.230. The van der Waals surface area contributed by atoms with E-state index in [2.05, 4.69) is 35.7 Å². The van der Waals surface area contributed by atoms with Crippen molar-refractivity contribution < 1.29 is 74.2 Å². The van der Waals surface area contributed by atoms with Crippen LogP contribution in [0.25, 0.3) is 12.2 Å². The van der Waals surface area contributed by atoms with E-state index in [4.69, 9.17) is 28.9 Å². The smallest absolute Gasteiger partial charge is 0.306 e. The lowest BCUT2D eigenvalue weighted by Gasteiger charge is -2.43. The number of fused-ring (bicyclic) bond motifs is 6. The maximum Gasteiger partial charge on any atom is 0.306 e. The Kier molecular flexibility index (Phi) is 17.0. The number of aromatic amines is 2. The van der Waals surface area contributed by atoms with Gasteiger partial charge in [0.1, 0.15) is 48.8 Å². The van der Waals surface area contributed by atoms with E-state index in [1.54, 1.807) is 0 Å². The maximum absolute atomic E-state index is 15.0. The van der Waals surface area contributed by atoms with Gasteiger partial charge in [0.05, 0.1) is 32.2 Å². The minimum atomic E-state index is -1.87. The first-order chi connectivity index (χ1) is 33.7. The van der Waals surface area contributed by atoms with Gasteiger partial charge in [-0.05, 0) is 67.5 Å². The molecule has 2 aromatic rings. The molecule has 21 heteroatoms. The Hall–Kier alpha value is -4.91. The topological polar surface area (TPSA) is 322 Å². The van der Waals surface area contributed by atoms with Crippen molar-refractivity contribution in [2.75, 3.05) is 40.4 Å². The summed E-state index contributed by atoms with van der Waals surface area (Å²) in [5, 5.41) is 86.6. The van der Waals surface area contributed by atoms with E-state index in [-0.39, 0.29) is 62.5 Å². The van der Waals surface area contributed by atoms with Crippen molar-refractivity contribution in [2.45, 2.75) is 147 Å². The Balaban J connectivity index is 1.30. The molecule has 14 atom stereocenters. The van der Waals surface area contributed by atoms with E-state index in [0.717, 1.165) is 39.4 Å². The molecule has 2 fully saturated rings. The molecule has 0 saturated carbocycles. The molecule has 0 aliphatic carbocycles. The van der Waals surface area contributed by atoms with Crippen molar-refractivity contribution in [1.82, 2.24) is 20.2 Å². The van der Waals surface area contributed by atoms with Gasteiger partial charge >= 0.3 is 11.9 Å². The lowest BCUT2D eigenvalue weighted by molar-refractivity contribution is -0.291. The summed E-state index contributed by atoms with van der Waals surface area (Å²) < 4.78 is 21.2. The zero-order chi connectivity index (χ0) is 51.7. The molecule has 1 amide bonds. The average Bonchev–Trinajstić information content (AvgIpc) is 4.04. The highest BCUT2D eigenvalue weighted by molar-refractivity contribution is 6.06. The largest absolute Gasteiger partial charge is 0.469 e. The Morgan fingerprint density at radius 2 is 1.49 bits per heavy atom. The van der Waals surface area contributed by atoms with E-state index >= 15 is 0 Å². The molecule has 0 aromatic carbocycles. The summed E-state index contributed by atoms with van der Waals surface area (Å²) in [6.07, 6.45) is -11.4. The summed E-state index contributed by atoms with van der Waals surface area (Å²) in [7, 11) is 2.60. The minimum absolute atomic E-state index is 0.0590. The second-order valence-corrected chi connectivity index (χ2v) is 19.3. The molecule has 5 aliphatic rings. The summed E-state index contributed by atoms with van der Waals surface area (Å²) in [6.45, 7) is 13.4. The van der Waals surface area contributed by atoms with Crippen LogP contribution >= 0.6 is 0 Å². The molecule has 0 spiro atoms. The number of nitrogens with zero attached hydrogens (tertiary/aromatic N) is 3. The number of aliphatic hydroxyl groups excluding tert-OH is 8. The number of allylic oxidation sites excluding steroid dienone is 2. The average molecular weight is 995 g/mol. The number of hydrogen-bond acceptors (Lipinski definition) is 18. The number of nitrogens with one attached hydrogen (secondary N) is 3. The van der Waals surface area contributed by atoms with Gasteiger partial charge in [-0.25, -0.2) is 0 Å². The quantitative estimate of drug-likeness (QED) is 0.106. The molecule has 7 rings (SSSR count). The number of amides is 1. The normalized spacial score (nSPS) is 31.8. The number of H-pyrrole nitrogens is 2. The van der Waals surface area contributed by atoms with Crippen molar-refractivity contribution in [3.05, 3.63) is 68.5 Å². The molecule has 4 unspecified atom stereocenters. The number of aromatic nitrogens is 2. The van der Waals surface area contributed by atoms with Crippen molar-refractivity contribution >= 4 is 41.4 Å². The molecule has 2 saturated heterocycles. The summed E-state index contributed by atoms with van der Waals surface area (Å²) >= 11 is 0. The van der Waals surface area contributed by atoms with E-state index in [1.165, 1.54) is 19.1 Å². The van der Waals surface area contributed by atoms with Gasteiger partial charge in [0.2, 0.25) is 0 Å². The van der Waals surface area contributed by atoms with Crippen LogP contribution in [0.2, 0.25) is 0 Å². The van der Waals surface area contributed by atoms with Gasteiger partial charge in [-0.1, -0.05) is 26.5 Å². The Morgan fingerprint density at radius 1 is 0.873 bits per heavy atom. The highest BCUT2D eigenvalue weighted by atomic mass is 16.6. The Morgan fingerprint density at radius 3 is 2.07 bits per heavy atom. The van der Waals surface area contributed by atoms with Gasteiger partial charge in [0.15, 0.2) is 12.6 Å². The van der Waals surface area contributed by atoms with Crippen molar-refractivity contribution in [1.29, 1.82) is 0 Å². The maximum atomic E-state index is 15.0. The second-order valence-electron chi connectivity index (χ2n) is 19.3. The van der Waals surface area contributed by atoms with Crippen LogP contribution in [0, 0.1) is 25.7 Å². The summed E-state index contributed by atoms with van der Waals surface area (Å²) in [5.41, 5.74) is 10.0. The number of carbonyl (C=O) groups is 3. The number of esters is 2. The molecule has 8 bridgehead atoms. The number of aliphatic hydroxyl groups is 8.